The van der Waals surface area contributed by atoms with Gasteiger partial charge in [-0.05, 0) is 89.2 Å². The zero-order valence-corrected chi connectivity index (χ0v) is 28.8. The van der Waals surface area contributed by atoms with Gasteiger partial charge in [-0.25, -0.2) is 0 Å². The molecule has 4 nitrogen and oxygen atoms in total. The second-order valence-electron chi connectivity index (χ2n) is 13.7. The SMILES string of the molecule is c1ccc(N2c3ccccc3B3c4ccccc4N(c4ccccc4)c4cc(N(c5ccccc5)c5cccc6c5oc5ccccc56)cc2c43)cc1. The summed E-state index contributed by atoms with van der Waals surface area (Å²) in [4.78, 5) is 7.27. The molecule has 11 rings (SSSR count). The van der Waals surface area contributed by atoms with E-state index in [4.69, 9.17) is 4.42 Å². The van der Waals surface area contributed by atoms with Crippen LogP contribution < -0.4 is 31.1 Å². The first-order valence-electron chi connectivity index (χ1n) is 18.1. The number of hydrogen-bond acceptors (Lipinski definition) is 4. The highest BCUT2D eigenvalue weighted by Crippen LogP contribution is 2.49. The highest BCUT2D eigenvalue weighted by molar-refractivity contribution is 7.00. The van der Waals surface area contributed by atoms with Crippen molar-refractivity contribution in [3.63, 3.8) is 0 Å². The summed E-state index contributed by atoms with van der Waals surface area (Å²) in [5, 5.41) is 2.21. The summed E-state index contributed by atoms with van der Waals surface area (Å²) >= 11 is 0. The summed E-state index contributed by atoms with van der Waals surface area (Å²) in [7, 11) is 0. The molecule has 53 heavy (non-hydrogen) atoms. The lowest BCUT2D eigenvalue weighted by Gasteiger charge is -2.44. The maximum absolute atomic E-state index is 6.72. The smallest absolute Gasteiger partial charge is 0.252 e. The van der Waals surface area contributed by atoms with Crippen LogP contribution >= 0.6 is 0 Å². The van der Waals surface area contributed by atoms with Gasteiger partial charge in [-0.15, -0.1) is 0 Å². The zero-order chi connectivity index (χ0) is 34.9. The van der Waals surface area contributed by atoms with E-state index >= 15 is 0 Å². The van der Waals surface area contributed by atoms with E-state index < -0.39 is 0 Å². The van der Waals surface area contributed by atoms with Crippen LogP contribution in [0.4, 0.5) is 51.2 Å². The molecule has 2 aliphatic rings. The molecule has 2 aliphatic heterocycles. The molecule has 1 aromatic heterocycles. The predicted molar refractivity (Wildman–Crippen MR) is 222 cm³/mol. The summed E-state index contributed by atoms with van der Waals surface area (Å²) in [6.07, 6.45) is 0. The van der Waals surface area contributed by atoms with Gasteiger partial charge in [0.05, 0.1) is 11.4 Å². The Labute approximate surface area is 308 Å². The Bertz CT molecular complexity index is 2710. The highest BCUT2D eigenvalue weighted by atomic mass is 16.3. The lowest BCUT2D eigenvalue weighted by atomic mass is 9.33. The standard InChI is InChI=1S/C48H32BN3O/c1-4-17-33(18-5-1)50(43-29-16-24-38-37-23-10-15-30-46(37)53-48(38)43)36-31-44-47-45(32-36)52(35-21-8-3-9-22-35)42-28-14-12-26-40(42)49(47)39-25-11-13-27-41(39)51(44)34-19-6-2-7-20-34/h1-32H. The molecule has 0 amide bonds. The Kier molecular flexibility index (Phi) is 6.61. The van der Waals surface area contributed by atoms with Crippen molar-refractivity contribution in [2.45, 2.75) is 0 Å². The van der Waals surface area contributed by atoms with E-state index in [9.17, 15) is 0 Å². The number of nitrogens with zero attached hydrogens (tertiary/aromatic N) is 3. The molecule has 0 bridgehead atoms. The molecule has 8 aromatic carbocycles. The van der Waals surface area contributed by atoms with Crippen molar-refractivity contribution in [1.82, 2.24) is 0 Å². The second-order valence-corrected chi connectivity index (χ2v) is 13.7. The van der Waals surface area contributed by atoms with Crippen molar-refractivity contribution in [3.05, 3.63) is 194 Å². The minimum absolute atomic E-state index is 0.0466. The van der Waals surface area contributed by atoms with Crippen LogP contribution in [0.5, 0.6) is 0 Å². The van der Waals surface area contributed by atoms with Gasteiger partial charge in [0.2, 0.25) is 0 Å². The van der Waals surface area contributed by atoms with Crippen LogP contribution in [-0.4, -0.2) is 6.71 Å². The third kappa shape index (κ3) is 4.50. The fraction of sp³-hybridized carbons (Fsp3) is 0. The quantitative estimate of drug-likeness (QED) is 0.169. The van der Waals surface area contributed by atoms with Gasteiger partial charge >= 0.3 is 0 Å². The monoisotopic (exact) mass is 677 g/mol. The molecule has 0 spiro atoms. The molecule has 248 valence electrons. The van der Waals surface area contributed by atoms with Crippen LogP contribution in [0.2, 0.25) is 0 Å². The summed E-state index contributed by atoms with van der Waals surface area (Å²) in [6, 6.07) is 69.6. The van der Waals surface area contributed by atoms with Gasteiger partial charge in [0, 0.05) is 50.6 Å². The summed E-state index contributed by atoms with van der Waals surface area (Å²) in [5.74, 6) is 0. The van der Waals surface area contributed by atoms with E-state index in [1.807, 2.05) is 6.07 Å². The van der Waals surface area contributed by atoms with Gasteiger partial charge in [0.15, 0.2) is 5.58 Å². The van der Waals surface area contributed by atoms with Crippen LogP contribution in [0.1, 0.15) is 0 Å². The zero-order valence-electron chi connectivity index (χ0n) is 28.8. The number of anilines is 9. The van der Waals surface area contributed by atoms with Gasteiger partial charge < -0.3 is 19.1 Å². The highest BCUT2D eigenvalue weighted by Gasteiger charge is 2.43. The predicted octanol–water partition coefficient (Wildman–Crippen LogP) is 11.1. The van der Waals surface area contributed by atoms with Crippen molar-refractivity contribution >= 4 is 96.2 Å². The van der Waals surface area contributed by atoms with Crippen molar-refractivity contribution in [1.29, 1.82) is 0 Å². The molecule has 0 N–H and O–H groups in total. The van der Waals surface area contributed by atoms with E-state index in [2.05, 4.69) is 203 Å². The maximum atomic E-state index is 6.72. The maximum Gasteiger partial charge on any atom is 0.252 e. The fourth-order valence-corrected chi connectivity index (χ4v) is 8.64. The van der Waals surface area contributed by atoms with Gasteiger partial charge in [-0.2, -0.15) is 0 Å². The minimum atomic E-state index is 0.0466. The lowest BCUT2D eigenvalue weighted by Crippen LogP contribution is -2.61. The Morgan fingerprint density at radius 3 is 1.55 bits per heavy atom. The molecule has 0 unspecified atom stereocenters. The topological polar surface area (TPSA) is 22.9 Å². The normalized spacial score (nSPS) is 12.8. The van der Waals surface area contributed by atoms with Crippen molar-refractivity contribution < 1.29 is 4.42 Å². The Hall–Kier alpha value is -6.98. The molecule has 0 radical (unpaired) electrons. The van der Waals surface area contributed by atoms with Crippen LogP contribution in [0, 0.1) is 0 Å². The third-order valence-corrected chi connectivity index (χ3v) is 10.8. The largest absolute Gasteiger partial charge is 0.454 e. The molecule has 9 aromatic rings. The molecule has 0 fully saturated rings. The molecule has 0 aliphatic carbocycles. The molecular formula is C48H32BN3O. The summed E-state index contributed by atoms with van der Waals surface area (Å²) < 4.78 is 6.72. The summed E-state index contributed by atoms with van der Waals surface area (Å²) in [6.45, 7) is 0.0466. The number of furan rings is 1. The molecule has 0 atom stereocenters. The third-order valence-electron chi connectivity index (χ3n) is 10.8. The first kappa shape index (κ1) is 29.7. The van der Waals surface area contributed by atoms with Crippen molar-refractivity contribution in [2.75, 3.05) is 14.7 Å². The number of rotatable bonds is 5. The minimum Gasteiger partial charge on any atom is -0.454 e. The molecule has 0 saturated carbocycles. The second kappa shape index (κ2) is 11.8. The van der Waals surface area contributed by atoms with Crippen molar-refractivity contribution in [2.24, 2.45) is 0 Å². The lowest BCUT2D eigenvalue weighted by molar-refractivity contribution is 0.669. The van der Waals surface area contributed by atoms with Gasteiger partial charge in [0.25, 0.3) is 6.71 Å². The molecular weight excluding hydrogens is 645 g/mol. The van der Waals surface area contributed by atoms with Gasteiger partial charge in [-0.1, -0.05) is 121 Å². The van der Waals surface area contributed by atoms with E-state index in [1.54, 1.807) is 0 Å². The van der Waals surface area contributed by atoms with E-state index in [0.29, 0.717) is 0 Å². The Balaban J connectivity index is 1.27. The van der Waals surface area contributed by atoms with E-state index in [0.717, 1.165) is 61.8 Å². The molecule has 3 heterocycles. The van der Waals surface area contributed by atoms with Crippen LogP contribution in [0.15, 0.2) is 199 Å². The van der Waals surface area contributed by atoms with E-state index in [-0.39, 0.29) is 6.71 Å². The first-order valence-corrected chi connectivity index (χ1v) is 18.1. The first-order chi connectivity index (χ1) is 26.3. The molecule has 0 saturated heterocycles. The van der Waals surface area contributed by atoms with Gasteiger partial charge in [0.1, 0.15) is 5.58 Å². The molecule has 5 heteroatoms. The number of fused-ring (bicyclic) bond motifs is 7. The van der Waals surface area contributed by atoms with Crippen LogP contribution in [0.3, 0.4) is 0 Å². The van der Waals surface area contributed by atoms with E-state index in [1.165, 1.54) is 27.8 Å². The van der Waals surface area contributed by atoms with Crippen molar-refractivity contribution in [3.8, 4) is 0 Å². The fourth-order valence-electron chi connectivity index (χ4n) is 8.64. The summed E-state index contributed by atoms with van der Waals surface area (Å²) in [5.41, 5.74) is 15.6. The average Bonchev–Trinajstić information content (AvgIpc) is 3.61. The Morgan fingerprint density at radius 1 is 0.415 bits per heavy atom. The number of benzene rings is 8. The number of hydrogen-bond donors (Lipinski definition) is 0. The van der Waals surface area contributed by atoms with Crippen LogP contribution in [-0.2, 0) is 0 Å². The average molecular weight is 678 g/mol. The van der Waals surface area contributed by atoms with Crippen LogP contribution in [0.25, 0.3) is 21.9 Å². The Morgan fingerprint density at radius 2 is 0.925 bits per heavy atom. The number of para-hydroxylation sites is 7. The van der Waals surface area contributed by atoms with Gasteiger partial charge in [-0.3, -0.25) is 0 Å².